The number of sulfonamides is 1. The maximum absolute atomic E-state index is 11.6. The van der Waals surface area contributed by atoms with Crippen molar-refractivity contribution < 1.29 is 8.42 Å². The van der Waals surface area contributed by atoms with Crippen LogP contribution in [-0.2, 0) is 10.0 Å². The standard InChI is InChI=1S/C11H24N2O2S/c1-11(2,3)6-7-13-16(14,15)9-8-12-10-4-5-10/h10,12-13H,4-9H2,1-3H3. The highest BCUT2D eigenvalue weighted by molar-refractivity contribution is 7.89. The molecule has 0 aromatic heterocycles. The molecule has 1 aliphatic carbocycles. The van der Waals surface area contributed by atoms with E-state index in [0.717, 1.165) is 6.42 Å². The van der Waals surface area contributed by atoms with E-state index >= 15 is 0 Å². The van der Waals surface area contributed by atoms with Crippen molar-refractivity contribution in [3.8, 4) is 0 Å². The quantitative estimate of drug-likeness (QED) is 0.709. The van der Waals surface area contributed by atoms with Crippen molar-refractivity contribution >= 4 is 10.0 Å². The first kappa shape index (κ1) is 13.9. The second-order valence-corrected chi connectivity index (χ2v) is 7.68. The first-order valence-corrected chi connectivity index (χ1v) is 7.64. The van der Waals surface area contributed by atoms with Crippen LogP contribution < -0.4 is 10.0 Å². The molecule has 16 heavy (non-hydrogen) atoms. The van der Waals surface area contributed by atoms with Gasteiger partial charge in [0.1, 0.15) is 0 Å². The van der Waals surface area contributed by atoms with Crippen LogP contribution in [0.4, 0.5) is 0 Å². The lowest BCUT2D eigenvalue weighted by Gasteiger charge is -2.18. The van der Waals surface area contributed by atoms with Gasteiger partial charge in [0.25, 0.3) is 0 Å². The van der Waals surface area contributed by atoms with Gasteiger partial charge in [-0.25, -0.2) is 13.1 Å². The molecule has 2 N–H and O–H groups in total. The van der Waals surface area contributed by atoms with Gasteiger partial charge in [-0.1, -0.05) is 20.8 Å². The van der Waals surface area contributed by atoms with Crippen LogP contribution in [0.1, 0.15) is 40.0 Å². The van der Waals surface area contributed by atoms with Crippen molar-refractivity contribution in [3.63, 3.8) is 0 Å². The lowest BCUT2D eigenvalue weighted by molar-refractivity contribution is 0.378. The topological polar surface area (TPSA) is 58.2 Å². The Morgan fingerprint density at radius 3 is 2.31 bits per heavy atom. The Morgan fingerprint density at radius 2 is 1.81 bits per heavy atom. The molecule has 0 aromatic rings. The summed E-state index contributed by atoms with van der Waals surface area (Å²) < 4.78 is 25.8. The van der Waals surface area contributed by atoms with E-state index in [1.54, 1.807) is 0 Å². The van der Waals surface area contributed by atoms with E-state index in [9.17, 15) is 8.42 Å². The zero-order valence-electron chi connectivity index (χ0n) is 10.5. The van der Waals surface area contributed by atoms with Crippen LogP contribution in [0.3, 0.4) is 0 Å². The van der Waals surface area contributed by atoms with E-state index in [1.807, 2.05) is 0 Å². The summed E-state index contributed by atoms with van der Waals surface area (Å²) in [6, 6.07) is 0.574. The third kappa shape index (κ3) is 7.19. The van der Waals surface area contributed by atoms with Crippen LogP contribution in [0.25, 0.3) is 0 Å². The summed E-state index contributed by atoms with van der Waals surface area (Å²) in [5, 5.41) is 3.20. The number of rotatable bonds is 7. The fraction of sp³-hybridized carbons (Fsp3) is 1.00. The van der Waals surface area contributed by atoms with Gasteiger partial charge < -0.3 is 5.32 Å². The van der Waals surface area contributed by atoms with Gasteiger partial charge in [0.15, 0.2) is 0 Å². The Bertz CT molecular complexity index is 302. The summed E-state index contributed by atoms with van der Waals surface area (Å²) in [6.45, 7) is 7.42. The van der Waals surface area contributed by atoms with E-state index in [-0.39, 0.29) is 11.2 Å². The second kappa shape index (κ2) is 5.47. The van der Waals surface area contributed by atoms with Gasteiger partial charge in [0, 0.05) is 19.1 Å². The lowest BCUT2D eigenvalue weighted by Crippen LogP contribution is -2.34. The minimum Gasteiger partial charge on any atom is -0.313 e. The molecule has 4 nitrogen and oxygen atoms in total. The lowest BCUT2D eigenvalue weighted by atomic mass is 9.93. The molecule has 1 rings (SSSR count). The van der Waals surface area contributed by atoms with Crippen LogP contribution in [0, 0.1) is 5.41 Å². The summed E-state index contributed by atoms with van der Waals surface area (Å²) in [5.74, 6) is 0.188. The SMILES string of the molecule is CC(C)(C)CCNS(=O)(=O)CCNC1CC1. The Hall–Kier alpha value is -0.130. The molecule has 0 aromatic carbocycles. The van der Waals surface area contributed by atoms with Crippen molar-refractivity contribution in [1.82, 2.24) is 10.0 Å². The molecule has 0 radical (unpaired) electrons. The van der Waals surface area contributed by atoms with Gasteiger partial charge in [-0.05, 0) is 24.7 Å². The highest BCUT2D eigenvalue weighted by atomic mass is 32.2. The third-order valence-corrected chi connectivity index (χ3v) is 3.96. The molecule has 5 heteroatoms. The maximum Gasteiger partial charge on any atom is 0.212 e. The molecule has 1 fully saturated rings. The van der Waals surface area contributed by atoms with Crippen molar-refractivity contribution in [3.05, 3.63) is 0 Å². The molecule has 1 saturated carbocycles. The molecule has 0 saturated heterocycles. The minimum absolute atomic E-state index is 0.175. The molecule has 0 amide bonds. The van der Waals surface area contributed by atoms with Gasteiger partial charge in [-0.3, -0.25) is 0 Å². The molecule has 0 bridgehead atoms. The van der Waals surface area contributed by atoms with Crippen molar-refractivity contribution in [2.24, 2.45) is 5.41 Å². The van der Waals surface area contributed by atoms with Gasteiger partial charge in [0.2, 0.25) is 10.0 Å². The summed E-state index contributed by atoms with van der Waals surface area (Å²) in [4.78, 5) is 0. The van der Waals surface area contributed by atoms with Gasteiger partial charge in [0.05, 0.1) is 5.75 Å². The largest absolute Gasteiger partial charge is 0.313 e. The van der Waals surface area contributed by atoms with E-state index < -0.39 is 10.0 Å². The normalized spacial score (nSPS) is 17.7. The second-order valence-electron chi connectivity index (χ2n) is 5.75. The van der Waals surface area contributed by atoms with Gasteiger partial charge in [-0.2, -0.15) is 0 Å². The van der Waals surface area contributed by atoms with Crippen LogP contribution in [0.15, 0.2) is 0 Å². The number of hydrogen-bond acceptors (Lipinski definition) is 3. The molecule has 0 unspecified atom stereocenters. The Balaban J connectivity index is 2.12. The fourth-order valence-corrected chi connectivity index (χ4v) is 2.28. The molecule has 0 aliphatic heterocycles. The van der Waals surface area contributed by atoms with Gasteiger partial charge in [-0.15, -0.1) is 0 Å². The Kier molecular flexibility index (Phi) is 4.76. The predicted octanol–water partition coefficient (Wildman–Crippen LogP) is 1.09. The van der Waals surface area contributed by atoms with Crippen molar-refractivity contribution in [2.45, 2.75) is 46.1 Å². The average Bonchev–Trinajstić information content (AvgIpc) is 2.84. The predicted molar refractivity (Wildman–Crippen MR) is 66.9 cm³/mol. The monoisotopic (exact) mass is 248 g/mol. The molecule has 96 valence electrons. The molecule has 1 aliphatic rings. The summed E-state index contributed by atoms with van der Waals surface area (Å²) in [5.41, 5.74) is 0.175. The molecule has 0 atom stereocenters. The van der Waals surface area contributed by atoms with Crippen LogP contribution in [0.2, 0.25) is 0 Å². The van der Waals surface area contributed by atoms with E-state index in [0.29, 0.717) is 19.1 Å². The van der Waals surface area contributed by atoms with E-state index in [4.69, 9.17) is 0 Å². The highest BCUT2D eigenvalue weighted by Gasteiger charge is 2.21. The zero-order chi connectivity index (χ0) is 12.2. The number of nitrogens with one attached hydrogen (secondary N) is 2. The third-order valence-electron chi connectivity index (χ3n) is 2.58. The van der Waals surface area contributed by atoms with E-state index in [1.165, 1.54) is 12.8 Å². The van der Waals surface area contributed by atoms with Crippen molar-refractivity contribution in [2.75, 3.05) is 18.8 Å². The van der Waals surface area contributed by atoms with Gasteiger partial charge >= 0.3 is 0 Å². The van der Waals surface area contributed by atoms with Crippen LogP contribution in [-0.4, -0.2) is 33.3 Å². The molecular weight excluding hydrogens is 224 g/mol. The summed E-state index contributed by atoms with van der Waals surface area (Å²) >= 11 is 0. The molecule has 0 spiro atoms. The first-order valence-electron chi connectivity index (χ1n) is 5.99. The average molecular weight is 248 g/mol. The molecular formula is C11H24N2O2S. The zero-order valence-corrected chi connectivity index (χ0v) is 11.4. The smallest absolute Gasteiger partial charge is 0.212 e. The van der Waals surface area contributed by atoms with E-state index in [2.05, 4.69) is 30.8 Å². The maximum atomic E-state index is 11.6. The fourth-order valence-electron chi connectivity index (χ4n) is 1.34. The first-order chi connectivity index (χ1) is 7.29. The highest BCUT2D eigenvalue weighted by Crippen LogP contribution is 2.18. The minimum atomic E-state index is -3.08. The molecule has 0 heterocycles. The number of hydrogen-bond donors (Lipinski definition) is 2. The summed E-state index contributed by atoms with van der Waals surface area (Å²) in [6.07, 6.45) is 3.25. The van der Waals surface area contributed by atoms with Crippen LogP contribution >= 0.6 is 0 Å². The van der Waals surface area contributed by atoms with Crippen LogP contribution in [0.5, 0.6) is 0 Å². The Labute approximate surface area is 99.2 Å². The van der Waals surface area contributed by atoms with Crippen molar-refractivity contribution in [1.29, 1.82) is 0 Å². The summed E-state index contributed by atoms with van der Waals surface area (Å²) in [7, 11) is -3.08. The Morgan fingerprint density at radius 1 is 1.19 bits per heavy atom.